The Balaban J connectivity index is 2.35. The van der Waals surface area contributed by atoms with Gasteiger partial charge in [-0.1, -0.05) is 12.1 Å². The van der Waals surface area contributed by atoms with Gasteiger partial charge in [-0.3, -0.25) is 0 Å². The second-order valence-corrected chi connectivity index (χ2v) is 4.18. The van der Waals surface area contributed by atoms with E-state index in [1.165, 1.54) is 12.3 Å². The Morgan fingerprint density at radius 2 is 2.12 bits per heavy atom. The van der Waals surface area contributed by atoms with Crippen molar-refractivity contribution < 1.29 is 4.39 Å². The lowest BCUT2D eigenvalue weighted by Gasteiger charge is -2.07. The number of para-hydroxylation sites is 1. The van der Waals surface area contributed by atoms with Crippen molar-refractivity contribution in [2.45, 2.75) is 0 Å². The van der Waals surface area contributed by atoms with Gasteiger partial charge in [0.2, 0.25) is 0 Å². The Labute approximate surface area is 106 Å². The largest absolute Gasteiger partial charge is 0.337 e. The van der Waals surface area contributed by atoms with E-state index in [9.17, 15) is 4.39 Å². The maximum absolute atomic E-state index is 13.5. The molecule has 2 rings (SSSR count). The third-order valence-electron chi connectivity index (χ3n) is 2.11. The van der Waals surface area contributed by atoms with Crippen molar-refractivity contribution in [1.29, 1.82) is 5.26 Å². The molecule has 0 amide bonds. The molecule has 0 aliphatic heterocycles. The van der Waals surface area contributed by atoms with Crippen molar-refractivity contribution in [3.63, 3.8) is 0 Å². The average molecular weight is 292 g/mol. The van der Waals surface area contributed by atoms with Crippen LogP contribution in [0, 0.1) is 17.1 Å². The Bertz CT molecular complexity index is 593. The minimum atomic E-state index is -0.480. The van der Waals surface area contributed by atoms with E-state index in [2.05, 4.69) is 26.2 Å². The van der Waals surface area contributed by atoms with Gasteiger partial charge in [0.25, 0.3) is 0 Å². The number of anilines is 2. The fraction of sp³-hybridized carbons (Fsp3) is 0. The molecule has 0 fully saturated rings. The van der Waals surface area contributed by atoms with Gasteiger partial charge in [-0.25, -0.2) is 9.37 Å². The number of aromatic nitrogens is 1. The third kappa shape index (κ3) is 2.60. The molecule has 0 saturated carbocycles. The van der Waals surface area contributed by atoms with Crippen LogP contribution in [0.1, 0.15) is 5.56 Å². The monoisotopic (exact) mass is 291 g/mol. The van der Waals surface area contributed by atoms with Crippen LogP contribution in [-0.2, 0) is 0 Å². The third-order valence-corrected chi connectivity index (χ3v) is 2.54. The van der Waals surface area contributed by atoms with E-state index in [1.54, 1.807) is 24.3 Å². The highest BCUT2D eigenvalue weighted by Crippen LogP contribution is 2.22. The predicted molar refractivity (Wildman–Crippen MR) is 66.3 cm³/mol. The fourth-order valence-electron chi connectivity index (χ4n) is 1.32. The summed E-state index contributed by atoms with van der Waals surface area (Å²) in [7, 11) is 0. The van der Waals surface area contributed by atoms with Crippen LogP contribution in [0.4, 0.5) is 15.9 Å². The maximum atomic E-state index is 13.5. The number of hydrogen-bond donors (Lipinski definition) is 1. The summed E-state index contributed by atoms with van der Waals surface area (Å²) in [4.78, 5) is 3.91. The first kappa shape index (κ1) is 11.6. The summed E-state index contributed by atoms with van der Waals surface area (Å²) < 4.78 is 14.1. The lowest BCUT2D eigenvalue weighted by Crippen LogP contribution is -1.98. The SMILES string of the molecule is N#Cc1ccccc1Nc1ncc(Br)cc1F. The van der Waals surface area contributed by atoms with E-state index in [0.29, 0.717) is 15.7 Å². The first-order valence-corrected chi connectivity index (χ1v) is 5.57. The summed E-state index contributed by atoms with van der Waals surface area (Å²) in [6.45, 7) is 0. The fourth-order valence-corrected chi connectivity index (χ4v) is 1.63. The highest BCUT2D eigenvalue weighted by molar-refractivity contribution is 9.10. The molecule has 2 aromatic rings. The standard InChI is InChI=1S/C12H7BrFN3/c13-9-5-10(14)12(16-7-9)17-11-4-2-1-3-8(11)6-15/h1-5,7H,(H,16,17). The number of nitrogens with zero attached hydrogens (tertiary/aromatic N) is 2. The van der Waals surface area contributed by atoms with Crippen LogP contribution in [0.15, 0.2) is 41.0 Å². The number of pyridine rings is 1. The quantitative estimate of drug-likeness (QED) is 0.920. The highest BCUT2D eigenvalue weighted by atomic mass is 79.9. The molecule has 0 aliphatic rings. The number of halogens is 2. The Morgan fingerprint density at radius 3 is 2.82 bits per heavy atom. The van der Waals surface area contributed by atoms with Gasteiger partial charge in [0, 0.05) is 10.7 Å². The average Bonchev–Trinajstić information content (AvgIpc) is 2.33. The van der Waals surface area contributed by atoms with Crippen molar-refractivity contribution >= 4 is 27.4 Å². The number of hydrogen-bond acceptors (Lipinski definition) is 3. The van der Waals surface area contributed by atoms with Crippen LogP contribution >= 0.6 is 15.9 Å². The molecule has 0 spiro atoms. The van der Waals surface area contributed by atoms with Crippen LogP contribution in [0.3, 0.4) is 0 Å². The predicted octanol–water partition coefficient (Wildman–Crippen LogP) is 3.60. The van der Waals surface area contributed by atoms with Gasteiger partial charge < -0.3 is 5.32 Å². The van der Waals surface area contributed by atoms with Gasteiger partial charge >= 0.3 is 0 Å². The molecule has 17 heavy (non-hydrogen) atoms. The summed E-state index contributed by atoms with van der Waals surface area (Å²) in [5.41, 5.74) is 0.973. The molecule has 0 radical (unpaired) electrons. The van der Waals surface area contributed by atoms with Crippen molar-refractivity contribution in [2.75, 3.05) is 5.32 Å². The molecule has 0 aliphatic carbocycles. The molecule has 0 atom stereocenters. The zero-order chi connectivity index (χ0) is 12.3. The summed E-state index contributed by atoms with van der Waals surface area (Å²) in [5, 5.41) is 11.7. The van der Waals surface area contributed by atoms with Crippen LogP contribution in [0.25, 0.3) is 0 Å². The van der Waals surface area contributed by atoms with Gasteiger partial charge in [0.15, 0.2) is 11.6 Å². The van der Waals surface area contributed by atoms with Gasteiger partial charge in [-0.05, 0) is 34.1 Å². The molecule has 1 aromatic heterocycles. The van der Waals surface area contributed by atoms with Crippen molar-refractivity contribution in [1.82, 2.24) is 4.98 Å². The summed E-state index contributed by atoms with van der Waals surface area (Å²) in [6.07, 6.45) is 1.49. The second kappa shape index (κ2) is 4.93. The van der Waals surface area contributed by atoms with Crippen LogP contribution < -0.4 is 5.32 Å². The zero-order valence-electron chi connectivity index (χ0n) is 8.61. The topological polar surface area (TPSA) is 48.7 Å². The van der Waals surface area contributed by atoms with E-state index in [1.807, 2.05) is 6.07 Å². The zero-order valence-corrected chi connectivity index (χ0v) is 10.2. The Hall–Kier alpha value is -1.93. The molecular weight excluding hydrogens is 285 g/mol. The minimum Gasteiger partial charge on any atom is -0.337 e. The molecule has 0 bridgehead atoms. The normalized spacial score (nSPS) is 9.71. The van der Waals surface area contributed by atoms with Crippen molar-refractivity contribution in [3.8, 4) is 6.07 Å². The van der Waals surface area contributed by atoms with Crippen molar-refractivity contribution in [3.05, 3.63) is 52.4 Å². The molecule has 0 unspecified atom stereocenters. The minimum absolute atomic E-state index is 0.0934. The van der Waals surface area contributed by atoms with E-state index >= 15 is 0 Å². The van der Waals surface area contributed by atoms with Gasteiger partial charge in [0.1, 0.15) is 6.07 Å². The molecule has 1 N–H and O–H groups in total. The van der Waals surface area contributed by atoms with Crippen LogP contribution in [0.5, 0.6) is 0 Å². The second-order valence-electron chi connectivity index (χ2n) is 3.27. The molecule has 1 heterocycles. The van der Waals surface area contributed by atoms with Gasteiger partial charge in [0.05, 0.1) is 11.3 Å². The van der Waals surface area contributed by atoms with E-state index in [4.69, 9.17) is 5.26 Å². The number of nitrogens with one attached hydrogen (secondary N) is 1. The Kier molecular flexibility index (Phi) is 3.35. The van der Waals surface area contributed by atoms with Crippen LogP contribution in [-0.4, -0.2) is 4.98 Å². The van der Waals surface area contributed by atoms with Crippen LogP contribution in [0.2, 0.25) is 0 Å². The van der Waals surface area contributed by atoms with E-state index in [-0.39, 0.29) is 5.82 Å². The smallest absolute Gasteiger partial charge is 0.166 e. The summed E-state index contributed by atoms with van der Waals surface area (Å²) in [5.74, 6) is -0.386. The lowest BCUT2D eigenvalue weighted by atomic mass is 10.2. The van der Waals surface area contributed by atoms with Gasteiger partial charge in [-0.15, -0.1) is 0 Å². The first-order valence-electron chi connectivity index (χ1n) is 4.78. The number of benzene rings is 1. The molecule has 3 nitrogen and oxygen atoms in total. The number of rotatable bonds is 2. The summed E-state index contributed by atoms with van der Waals surface area (Å²) in [6, 6.07) is 10.2. The lowest BCUT2D eigenvalue weighted by molar-refractivity contribution is 0.625. The van der Waals surface area contributed by atoms with E-state index in [0.717, 1.165) is 0 Å². The first-order chi connectivity index (χ1) is 8.20. The molecular formula is C12H7BrFN3. The van der Waals surface area contributed by atoms with Crippen molar-refractivity contribution in [2.24, 2.45) is 0 Å². The molecule has 0 saturated heterocycles. The maximum Gasteiger partial charge on any atom is 0.166 e. The van der Waals surface area contributed by atoms with Gasteiger partial charge in [-0.2, -0.15) is 5.26 Å². The summed E-state index contributed by atoms with van der Waals surface area (Å²) >= 11 is 3.13. The highest BCUT2D eigenvalue weighted by Gasteiger charge is 2.07. The molecule has 5 heteroatoms. The molecule has 84 valence electrons. The Morgan fingerprint density at radius 1 is 1.35 bits per heavy atom. The number of nitriles is 1. The van der Waals surface area contributed by atoms with E-state index < -0.39 is 5.82 Å². The molecule has 1 aromatic carbocycles.